The van der Waals surface area contributed by atoms with Gasteiger partial charge in [-0.15, -0.1) is 0 Å². The minimum Gasteiger partial charge on any atom is -0.246 e. The molecule has 1 unspecified atom stereocenters. The van der Waals surface area contributed by atoms with Crippen molar-refractivity contribution in [3.05, 3.63) is 29.8 Å². The van der Waals surface area contributed by atoms with Crippen LogP contribution in [0.3, 0.4) is 0 Å². The molecule has 2 radical (unpaired) electrons. The molecule has 1 aliphatic heterocycles. The maximum absolute atomic E-state index is 13.5. The molecule has 0 bridgehead atoms. The molecule has 18 heavy (non-hydrogen) atoms. The molecule has 0 aromatic heterocycles. The first kappa shape index (κ1) is 12.5. The van der Waals surface area contributed by atoms with E-state index in [1.54, 1.807) is 0 Å². The van der Waals surface area contributed by atoms with Gasteiger partial charge in [-0.25, -0.2) is 13.1 Å². The number of halogens is 2. The van der Waals surface area contributed by atoms with E-state index in [-0.39, 0.29) is 0 Å². The Labute approximate surface area is 111 Å². The molecule has 1 nitrogen and oxygen atoms in total. The van der Waals surface area contributed by atoms with E-state index < -0.39 is 11.6 Å². The molecule has 1 aliphatic carbocycles. The molecule has 5 heteroatoms. The highest BCUT2D eigenvalue weighted by molar-refractivity contribution is 7.97. The van der Waals surface area contributed by atoms with Gasteiger partial charge in [-0.2, -0.15) is 0 Å². The Morgan fingerprint density at radius 2 is 1.83 bits per heavy atom. The number of hydrogen-bond acceptors (Lipinski definition) is 2. The fraction of sp³-hybridized carbons (Fsp3) is 0.538. The van der Waals surface area contributed by atoms with Gasteiger partial charge in [-0.1, -0.05) is 18.7 Å². The van der Waals surface area contributed by atoms with Crippen LogP contribution >= 0.6 is 11.9 Å². The molecule has 94 valence electrons. The van der Waals surface area contributed by atoms with Crippen LogP contribution in [0.25, 0.3) is 0 Å². The quantitative estimate of drug-likeness (QED) is 0.596. The average Bonchev–Trinajstić information content (AvgIpc) is 2.79. The van der Waals surface area contributed by atoms with E-state index in [1.807, 2.05) is 0 Å². The van der Waals surface area contributed by atoms with E-state index in [4.69, 9.17) is 7.85 Å². The number of hydrogen-bond donors (Lipinski definition) is 0. The highest BCUT2D eigenvalue weighted by atomic mass is 32.2. The zero-order chi connectivity index (χ0) is 12.7. The molecule has 1 saturated heterocycles. The summed E-state index contributed by atoms with van der Waals surface area (Å²) in [6.45, 7) is 1.92. The normalized spacial score (nSPS) is 31.8. The van der Waals surface area contributed by atoms with Gasteiger partial charge in [0.2, 0.25) is 0 Å². The molecular weight excluding hydrogens is 251 g/mol. The molecule has 3 atom stereocenters. The fourth-order valence-electron chi connectivity index (χ4n) is 3.07. The standard InChI is InChI=1S/C13H14BF2NS/c14-10-3-8-6-17(7-9(8)4-10)18-13-2-1-11(15)5-12(13)16/h1-2,5,8-10H,3-4,6-7H2/t8-,9+,10?. The summed E-state index contributed by atoms with van der Waals surface area (Å²) >= 11 is 1.40. The molecule has 0 N–H and O–H groups in total. The second kappa shape index (κ2) is 4.85. The third-order valence-corrected chi connectivity index (χ3v) is 4.96. The summed E-state index contributed by atoms with van der Waals surface area (Å²) in [4.78, 5) is 0.501. The zero-order valence-electron chi connectivity index (χ0n) is 9.98. The van der Waals surface area contributed by atoms with Gasteiger partial charge in [0, 0.05) is 19.2 Å². The van der Waals surface area contributed by atoms with Crippen molar-refractivity contribution in [1.29, 1.82) is 0 Å². The number of nitrogens with zero attached hydrogens (tertiary/aromatic N) is 1. The zero-order valence-corrected chi connectivity index (χ0v) is 10.8. The molecular formula is C13H14BF2NS. The molecule has 2 aliphatic rings. The summed E-state index contributed by atoms with van der Waals surface area (Å²) in [7, 11) is 5.94. The molecule has 1 aromatic rings. The largest absolute Gasteiger partial charge is 0.246 e. The maximum atomic E-state index is 13.5. The third-order valence-electron chi connectivity index (χ3n) is 3.88. The summed E-state index contributed by atoms with van der Waals surface area (Å²) in [5.74, 6) is 0.636. The lowest BCUT2D eigenvalue weighted by atomic mass is 9.85. The van der Waals surface area contributed by atoms with E-state index in [0.29, 0.717) is 22.5 Å². The van der Waals surface area contributed by atoms with Gasteiger partial charge < -0.3 is 0 Å². The Bertz CT molecular complexity index is 443. The molecule has 1 saturated carbocycles. The van der Waals surface area contributed by atoms with Crippen molar-refractivity contribution in [3.63, 3.8) is 0 Å². The topological polar surface area (TPSA) is 3.24 Å². The van der Waals surface area contributed by atoms with E-state index in [1.165, 1.54) is 24.1 Å². The first-order valence-electron chi connectivity index (χ1n) is 6.25. The number of fused-ring (bicyclic) bond motifs is 1. The van der Waals surface area contributed by atoms with Crippen molar-refractivity contribution in [2.24, 2.45) is 11.8 Å². The monoisotopic (exact) mass is 265 g/mol. The molecule has 2 fully saturated rings. The molecule has 1 heterocycles. The summed E-state index contributed by atoms with van der Waals surface area (Å²) in [6, 6.07) is 3.75. The lowest BCUT2D eigenvalue weighted by Gasteiger charge is -2.16. The van der Waals surface area contributed by atoms with Crippen LogP contribution in [-0.4, -0.2) is 25.2 Å². The Hall–Kier alpha value is -0.545. The van der Waals surface area contributed by atoms with Crippen LogP contribution < -0.4 is 0 Å². The summed E-state index contributed by atoms with van der Waals surface area (Å²) < 4.78 is 28.5. The number of rotatable bonds is 2. The van der Waals surface area contributed by atoms with Crippen molar-refractivity contribution < 1.29 is 8.78 Å². The Kier molecular flexibility index (Phi) is 3.37. The van der Waals surface area contributed by atoms with Crippen molar-refractivity contribution in [2.75, 3.05) is 13.1 Å². The van der Waals surface area contributed by atoms with Crippen molar-refractivity contribution in [1.82, 2.24) is 4.31 Å². The average molecular weight is 265 g/mol. The van der Waals surface area contributed by atoms with Crippen LogP contribution in [0.4, 0.5) is 8.78 Å². The third kappa shape index (κ3) is 2.43. The van der Waals surface area contributed by atoms with E-state index in [2.05, 4.69) is 4.31 Å². The lowest BCUT2D eigenvalue weighted by Crippen LogP contribution is -2.13. The number of benzene rings is 1. The smallest absolute Gasteiger partial charge is 0.140 e. The van der Waals surface area contributed by atoms with Crippen LogP contribution in [0, 0.1) is 23.5 Å². The summed E-state index contributed by atoms with van der Waals surface area (Å²) in [5, 5.41) is 0. The molecule has 3 rings (SSSR count). The van der Waals surface area contributed by atoms with Gasteiger partial charge in [-0.05, 0) is 35.9 Å². The predicted octanol–water partition coefficient (Wildman–Crippen LogP) is 3.27. The maximum Gasteiger partial charge on any atom is 0.140 e. The van der Waals surface area contributed by atoms with Crippen molar-refractivity contribution in [2.45, 2.75) is 23.6 Å². The highest BCUT2D eigenvalue weighted by Crippen LogP contribution is 2.45. The van der Waals surface area contributed by atoms with E-state index in [0.717, 1.165) is 32.0 Å². The van der Waals surface area contributed by atoms with Gasteiger partial charge in [0.25, 0.3) is 0 Å². The lowest BCUT2D eigenvalue weighted by molar-refractivity contribution is 0.494. The van der Waals surface area contributed by atoms with E-state index >= 15 is 0 Å². The van der Waals surface area contributed by atoms with Gasteiger partial charge in [0.1, 0.15) is 11.6 Å². The van der Waals surface area contributed by atoms with Crippen LogP contribution in [-0.2, 0) is 0 Å². The SMILES string of the molecule is [B]C1C[C@@H]2CN(Sc3ccc(F)cc3F)C[C@@H]2C1. The van der Waals surface area contributed by atoms with Crippen molar-refractivity contribution >= 4 is 19.8 Å². The van der Waals surface area contributed by atoms with Gasteiger partial charge >= 0.3 is 0 Å². The Morgan fingerprint density at radius 1 is 1.17 bits per heavy atom. The van der Waals surface area contributed by atoms with Gasteiger partial charge in [0.05, 0.1) is 12.7 Å². The minimum atomic E-state index is -0.527. The predicted molar refractivity (Wildman–Crippen MR) is 69.5 cm³/mol. The molecule has 0 amide bonds. The summed E-state index contributed by atoms with van der Waals surface area (Å²) in [6.07, 6.45) is 2.15. The van der Waals surface area contributed by atoms with Gasteiger partial charge in [0.15, 0.2) is 0 Å². The molecule has 0 spiro atoms. The van der Waals surface area contributed by atoms with Gasteiger partial charge in [-0.3, -0.25) is 0 Å². The Morgan fingerprint density at radius 3 is 2.44 bits per heavy atom. The van der Waals surface area contributed by atoms with Crippen LogP contribution in [0.15, 0.2) is 23.1 Å². The first-order chi connectivity index (χ1) is 8.61. The minimum absolute atomic E-state index is 0.342. The van der Waals surface area contributed by atoms with Crippen LogP contribution in [0.2, 0.25) is 5.82 Å². The highest BCUT2D eigenvalue weighted by Gasteiger charge is 2.39. The van der Waals surface area contributed by atoms with Crippen molar-refractivity contribution in [3.8, 4) is 0 Å². The van der Waals surface area contributed by atoms with E-state index in [9.17, 15) is 8.78 Å². The Balaban J connectivity index is 1.65. The van der Waals surface area contributed by atoms with Crippen LogP contribution in [0.5, 0.6) is 0 Å². The summed E-state index contributed by atoms with van der Waals surface area (Å²) in [5.41, 5.74) is 0. The first-order valence-corrected chi connectivity index (χ1v) is 7.02. The molecule has 1 aromatic carbocycles. The van der Waals surface area contributed by atoms with Crippen LogP contribution in [0.1, 0.15) is 12.8 Å². The fourth-order valence-corrected chi connectivity index (χ4v) is 4.15. The second-order valence-electron chi connectivity index (χ2n) is 5.26. The second-order valence-corrected chi connectivity index (χ2v) is 6.40.